The third-order valence-corrected chi connectivity index (χ3v) is 3.29. The molecule has 1 aliphatic rings. The molecule has 1 fully saturated rings. The molecule has 3 nitrogen and oxygen atoms in total. The average molecular weight is 268 g/mol. The van der Waals surface area contributed by atoms with Crippen molar-refractivity contribution in [1.29, 1.82) is 0 Å². The van der Waals surface area contributed by atoms with Crippen LogP contribution in [0.3, 0.4) is 0 Å². The smallest absolute Gasteiger partial charge is 0.303 e. The zero-order valence-electron chi connectivity index (χ0n) is 11.1. The topological polar surface area (TPSA) is 24.5 Å². The van der Waals surface area contributed by atoms with Gasteiger partial charge in [-0.05, 0) is 45.2 Å². The number of hydroxylamine groups is 1. The molecule has 1 heterocycles. The summed E-state index contributed by atoms with van der Waals surface area (Å²) in [5.41, 5.74) is 2.52. The monoisotopic (exact) mass is 268 g/mol. The van der Waals surface area contributed by atoms with Gasteiger partial charge in [0.25, 0.3) is 0 Å². The lowest BCUT2D eigenvalue weighted by Crippen LogP contribution is -2.45. The zero-order valence-corrected chi connectivity index (χ0v) is 11.1. The van der Waals surface area contributed by atoms with Gasteiger partial charge in [0.05, 0.1) is 0 Å². The summed E-state index contributed by atoms with van der Waals surface area (Å²) in [4.78, 5) is 6.89. The summed E-state index contributed by atoms with van der Waals surface area (Å²) >= 11 is 0. The van der Waals surface area contributed by atoms with E-state index < -0.39 is 12.8 Å². The van der Waals surface area contributed by atoms with Crippen molar-refractivity contribution in [3.8, 4) is 0 Å². The molecule has 0 saturated carbocycles. The van der Waals surface area contributed by atoms with Crippen LogP contribution in [0.5, 0.6) is 0 Å². The molecule has 0 aliphatic carbocycles. The lowest BCUT2D eigenvalue weighted by molar-refractivity contribution is -0.194. The van der Waals surface area contributed by atoms with E-state index in [1.807, 2.05) is 6.92 Å². The minimum absolute atomic E-state index is 0.0491. The molecule has 18 heavy (non-hydrogen) atoms. The predicted octanol–water partition coefficient (Wildman–Crippen LogP) is 2.58. The normalized spacial score (nSPS) is 24.2. The summed E-state index contributed by atoms with van der Waals surface area (Å²) < 4.78 is 35.8. The summed E-state index contributed by atoms with van der Waals surface area (Å²) in [6.07, 6.45) is -1.01. The highest BCUT2D eigenvalue weighted by molar-refractivity contribution is 4.78. The van der Waals surface area contributed by atoms with E-state index in [-0.39, 0.29) is 6.04 Å². The highest BCUT2D eigenvalue weighted by Crippen LogP contribution is 2.20. The number of likely N-dealkylation sites (tertiary alicyclic amines) is 1. The van der Waals surface area contributed by atoms with Crippen LogP contribution in [0.2, 0.25) is 0 Å². The molecule has 0 radical (unpaired) electrons. The van der Waals surface area contributed by atoms with Gasteiger partial charge < -0.3 is 4.90 Å². The number of hydrogen-bond acceptors (Lipinski definition) is 3. The minimum Gasteiger partial charge on any atom is -0.303 e. The fourth-order valence-corrected chi connectivity index (χ4v) is 2.37. The Bertz CT molecular complexity index is 234. The summed E-state index contributed by atoms with van der Waals surface area (Å²) in [6.45, 7) is 5.89. The Morgan fingerprint density at radius 3 is 2.78 bits per heavy atom. The van der Waals surface area contributed by atoms with Crippen molar-refractivity contribution in [2.75, 3.05) is 26.2 Å². The third-order valence-electron chi connectivity index (χ3n) is 3.29. The van der Waals surface area contributed by atoms with E-state index in [9.17, 15) is 13.2 Å². The van der Waals surface area contributed by atoms with Crippen molar-refractivity contribution in [3.63, 3.8) is 0 Å². The van der Waals surface area contributed by atoms with Gasteiger partial charge in [0.15, 0.2) is 6.61 Å². The molecule has 1 aliphatic heterocycles. The Morgan fingerprint density at radius 1 is 1.44 bits per heavy atom. The fraction of sp³-hybridized carbons (Fsp3) is 1.00. The first kappa shape index (κ1) is 15.7. The van der Waals surface area contributed by atoms with Gasteiger partial charge in [0.1, 0.15) is 0 Å². The molecule has 0 aromatic carbocycles. The van der Waals surface area contributed by atoms with Crippen LogP contribution >= 0.6 is 0 Å². The molecule has 0 aromatic rings. The number of rotatable bonds is 6. The van der Waals surface area contributed by atoms with Gasteiger partial charge in [-0.3, -0.25) is 4.84 Å². The number of nitrogens with zero attached hydrogens (tertiary/aromatic N) is 1. The second kappa shape index (κ2) is 7.31. The zero-order chi connectivity index (χ0) is 13.6. The van der Waals surface area contributed by atoms with Crippen molar-refractivity contribution in [2.45, 2.75) is 45.3 Å². The van der Waals surface area contributed by atoms with Crippen LogP contribution < -0.4 is 5.48 Å². The van der Waals surface area contributed by atoms with Crippen molar-refractivity contribution >= 4 is 0 Å². The van der Waals surface area contributed by atoms with Crippen LogP contribution in [0.1, 0.15) is 33.1 Å². The maximum Gasteiger partial charge on any atom is 0.413 e. The summed E-state index contributed by atoms with van der Waals surface area (Å²) in [5.74, 6) is 0.360. The standard InChI is InChI=1S/C12H23F3N2O/c1-3-6-17-7-4-5-11(8-17)10(2)16-18-9-12(13,14)15/h10-11,16H,3-9H2,1-2H3. The number of alkyl halides is 3. The predicted molar refractivity (Wildman–Crippen MR) is 64.1 cm³/mol. The first-order chi connectivity index (χ1) is 8.42. The number of nitrogens with one attached hydrogen (secondary N) is 1. The molecule has 2 unspecified atom stereocenters. The third kappa shape index (κ3) is 6.02. The van der Waals surface area contributed by atoms with E-state index in [4.69, 9.17) is 0 Å². The van der Waals surface area contributed by atoms with Crippen molar-refractivity contribution < 1.29 is 18.0 Å². The van der Waals surface area contributed by atoms with Gasteiger partial charge >= 0.3 is 6.18 Å². The van der Waals surface area contributed by atoms with Gasteiger partial charge in [-0.2, -0.15) is 18.7 Å². The number of piperidine rings is 1. The van der Waals surface area contributed by atoms with Crippen LogP contribution in [-0.4, -0.2) is 43.4 Å². The maximum absolute atomic E-state index is 11.9. The quantitative estimate of drug-likeness (QED) is 0.749. The summed E-state index contributed by atoms with van der Waals surface area (Å²) in [7, 11) is 0. The molecule has 2 atom stereocenters. The molecule has 0 aromatic heterocycles. The van der Waals surface area contributed by atoms with E-state index in [0.717, 1.165) is 38.9 Å². The average Bonchev–Trinajstić information content (AvgIpc) is 2.28. The van der Waals surface area contributed by atoms with Gasteiger partial charge in [-0.1, -0.05) is 6.92 Å². The van der Waals surface area contributed by atoms with Crippen molar-refractivity contribution in [2.24, 2.45) is 5.92 Å². The number of halogens is 3. The van der Waals surface area contributed by atoms with Gasteiger partial charge in [0.2, 0.25) is 0 Å². The second-order valence-corrected chi connectivity index (χ2v) is 5.01. The van der Waals surface area contributed by atoms with Gasteiger partial charge in [-0.25, -0.2) is 0 Å². The SMILES string of the molecule is CCCN1CCCC(C(C)NOCC(F)(F)F)C1. The summed E-state index contributed by atoms with van der Waals surface area (Å²) in [5, 5.41) is 0. The second-order valence-electron chi connectivity index (χ2n) is 5.01. The Balaban J connectivity index is 2.26. The summed E-state index contributed by atoms with van der Waals surface area (Å²) in [6, 6.07) is -0.0491. The fourth-order valence-electron chi connectivity index (χ4n) is 2.37. The van der Waals surface area contributed by atoms with Crippen LogP contribution in [0.25, 0.3) is 0 Å². The Morgan fingerprint density at radius 2 is 2.17 bits per heavy atom. The molecule has 0 bridgehead atoms. The van der Waals surface area contributed by atoms with Gasteiger partial charge in [0, 0.05) is 12.6 Å². The maximum atomic E-state index is 11.9. The molecule has 0 spiro atoms. The molecule has 1 saturated heterocycles. The number of hydrogen-bond donors (Lipinski definition) is 1. The van der Waals surface area contributed by atoms with Gasteiger partial charge in [-0.15, -0.1) is 0 Å². The van der Waals surface area contributed by atoms with Crippen LogP contribution in [-0.2, 0) is 4.84 Å². The van der Waals surface area contributed by atoms with E-state index in [0.29, 0.717) is 5.92 Å². The molecule has 108 valence electrons. The largest absolute Gasteiger partial charge is 0.413 e. The first-order valence-electron chi connectivity index (χ1n) is 6.58. The van der Waals surface area contributed by atoms with Crippen LogP contribution in [0, 0.1) is 5.92 Å². The van der Waals surface area contributed by atoms with Crippen LogP contribution in [0.15, 0.2) is 0 Å². The lowest BCUT2D eigenvalue weighted by Gasteiger charge is -2.35. The first-order valence-corrected chi connectivity index (χ1v) is 6.58. The van der Waals surface area contributed by atoms with E-state index >= 15 is 0 Å². The Kier molecular flexibility index (Phi) is 6.38. The molecular weight excluding hydrogens is 245 g/mol. The van der Waals surface area contributed by atoms with Crippen molar-refractivity contribution in [3.05, 3.63) is 0 Å². The van der Waals surface area contributed by atoms with Crippen LogP contribution in [0.4, 0.5) is 13.2 Å². The Hall–Kier alpha value is -0.330. The van der Waals surface area contributed by atoms with Crippen molar-refractivity contribution in [1.82, 2.24) is 10.4 Å². The molecule has 6 heteroatoms. The minimum atomic E-state index is -4.27. The molecule has 1 rings (SSSR count). The molecule has 0 amide bonds. The molecule has 1 N–H and O–H groups in total. The molecular formula is C12H23F3N2O. The highest BCUT2D eigenvalue weighted by atomic mass is 19.4. The van der Waals surface area contributed by atoms with E-state index in [2.05, 4.69) is 22.1 Å². The van der Waals surface area contributed by atoms with E-state index in [1.54, 1.807) is 0 Å². The highest BCUT2D eigenvalue weighted by Gasteiger charge is 2.29. The lowest BCUT2D eigenvalue weighted by atomic mass is 9.92. The van der Waals surface area contributed by atoms with E-state index in [1.165, 1.54) is 0 Å². The Labute approximate surface area is 107 Å².